The lowest BCUT2D eigenvalue weighted by atomic mass is 10.1. The SMILES string of the molecule is COC(=O)[C@@H](Cc1ccccc1)NC(=O)c1cccc(OCc2c(C)noc2C)c1. The molecule has 30 heavy (non-hydrogen) atoms. The zero-order chi connectivity index (χ0) is 21.5. The van der Waals surface area contributed by atoms with E-state index in [0.717, 1.165) is 16.8 Å². The Hall–Kier alpha value is -3.61. The van der Waals surface area contributed by atoms with Crippen LogP contribution < -0.4 is 10.1 Å². The molecule has 0 bridgehead atoms. The van der Waals surface area contributed by atoms with Crippen molar-refractivity contribution in [3.8, 4) is 5.75 Å². The lowest BCUT2D eigenvalue weighted by molar-refractivity contribution is -0.142. The minimum Gasteiger partial charge on any atom is -0.489 e. The van der Waals surface area contributed by atoms with Crippen molar-refractivity contribution in [2.45, 2.75) is 32.9 Å². The van der Waals surface area contributed by atoms with Gasteiger partial charge in [-0.1, -0.05) is 41.6 Å². The van der Waals surface area contributed by atoms with E-state index in [1.54, 1.807) is 24.3 Å². The Balaban J connectivity index is 1.69. The van der Waals surface area contributed by atoms with Gasteiger partial charge in [0.15, 0.2) is 0 Å². The second-order valence-electron chi connectivity index (χ2n) is 6.86. The predicted molar refractivity (Wildman–Crippen MR) is 110 cm³/mol. The summed E-state index contributed by atoms with van der Waals surface area (Å²) >= 11 is 0. The number of esters is 1. The van der Waals surface area contributed by atoms with E-state index in [1.165, 1.54) is 7.11 Å². The fourth-order valence-electron chi connectivity index (χ4n) is 3.02. The molecule has 7 nitrogen and oxygen atoms in total. The van der Waals surface area contributed by atoms with Gasteiger partial charge in [-0.25, -0.2) is 4.79 Å². The summed E-state index contributed by atoms with van der Waals surface area (Å²) < 4.78 is 15.8. The van der Waals surface area contributed by atoms with Crippen LogP contribution in [0.4, 0.5) is 0 Å². The summed E-state index contributed by atoms with van der Waals surface area (Å²) in [6.07, 6.45) is 0.335. The number of rotatable bonds is 8. The van der Waals surface area contributed by atoms with E-state index < -0.39 is 12.0 Å². The maximum Gasteiger partial charge on any atom is 0.328 e. The molecule has 3 rings (SSSR count). The summed E-state index contributed by atoms with van der Waals surface area (Å²) in [4.78, 5) is 24.9. The van der Waals surface area contributed by atoms with Crippen molar-refractivity contribution >= 4 is 11.9 Å². The van der Waals surface area contributed by atoms with E-state index in [0.29, 0.717) is 23.5 Å². The maximum absolute atomic E-state index is 12.8. The molecule has 0 aliphatic heterocycles. The Morgan fingerprint density at radius 1 is 1.10 bits per heavy atom. The van der Waals surface area contributed by atoms with Gasteiger partial charge in [-0.05, 0) is 37.6 Å². The summed E-state index contributed by atoms with van der Waals surface area (Å²) in [7, 11) is 1.30. The molecule has 0 radical (unpaired) electrons. The number of aryl methyl sites for hydroxylation is 2. The number of ether oxygens (including phenoxy) is 2. The summed E-state index contributed by atoms with van der Waals surface area (Å²) in [6, 6.07) is 15.4. The van der Waals surface area contributed by atoms with E-state index in [4.69, 9.17) is 14.0 Å². The molecule has 1 heterocycles. The second-order valence-corrected chi connectivity index (χ2v) is 6.86. The highest BCUT2D eigenvalue weighted by atomic mass is 16.5. The zero-order valence-corrected chi connectivity index (χ0v) is 17.2. The first-order valence-corrected chi connectivity index (χ1v) is 9.55. The maximum atomic E-state index is 12.8. The van der Waals surface area contributed by atoms with Crippen molar-refractivity contribution in [3.05, 3.63) is 82.7 Å². The molecule has 7 heteroatoms. The number of nitrogens with one attached hydrogen (secondary N) is 1. The first-order valence-electron chi connectivity index (χ1n) is 9.55. The van der Waals surface area contributed by atoms with Gasteiger partial charge in [0.05, 0.1) is 18.4 Å². The molecule has 0 aliphatic carbocycles. The normalized spacial score (nSPS) is 11.6. The third kappa shape index (κ3) is 5.26. The van der Waals surface area contributed by atoms with Crippen LogP contribution in [0, 0.1) is 13.8 Å². The van der Waals surface area contributed by atoms with E-state index in [1.807, 2.05) is 44.2 Å². The standard InChI is InChI=1S/C23H24N2O5/c1-15-20(16(2)30-25-15)14-29-19-11-7-10-18(13-19)22(26)24-21(23(27)28-3)12-17-8-5-4-6-9-17/h4-11,13,21H,12,14H2,1-3H3,(H,24,26)/t21-/m1/s1. The molecule has 0 saturated carbocycles. The first-order chi connectivity index (χ1) is 14.5. The molecular formula is C23H24N2O5. The van der Waals surface area contributed by atoms with Gasteiger partial charge in [-0.2, -0.15) is 0 Å². The number of aromatic nitrogens is 1. The largest absolute Gasteiger partial charge is 0.489 e. The van der Waals surface area contributed by atoms with Crippen LogP contribution in [0.2, 0.25) is 0 Å². The highest BCUT2D eigenvalue weighted by Gasteiger charge is 2.23. The van der Waals surface area contributed by atoms with Gasteiger partial charge < -0.3 is 19.3 Å². The van der Waals surface area contributed by atoms with Crippen molar-refractivity contribution in [1.29, 1.82) is 0 Å². The molecule has 3 aromatic rings. The Labute approximate surface area is 175 Å². The van der Waals surface area contributed by atoms with Crippen LogP contribution in [0.3, 0.4) is 0 Å². The number of amides is 1. The molecule has 156 valence electrons. The predicted octanol–water partition coefficient (Wildman–Crippen LogP) is 3.38. The van der Waals surface area contributed by atoms with Gasteiger partial charge in [0.25, 0.3) is 5.91 Å². The van der Waals surface area contributed by atoms with Gasteiger partial charge >= 0.3 is 5.97 Å². The van der Waals surface area contributed by atoms with Gasteiger partial charge in [0.2, 0.25) is 0 Å². The van der Waals surface area contributed by atoms with Crippen molar-refractivity contribution < 1.29 is 23.6 Å². The highest BCUT2D eigenvalue weighted by molar-refractivity contribution is 5.97. The molecule has 1 aromatic heterocycles. The number of hydrogen-bond acceptors (Lipinski definition) is 6. The topological polar surface area (TPSA) is 90.7 Å². The average molecular weight is 408 g/mol. The fourth-order valence-corrected chi connectivity index (χ4v) is 3.02. The molecular weight excluding hydrogens is 384 g/mol. The van der Waals surface area contributed by atoms with Gasteiger partial charge in [0, 0.05) is 12.0 Å². The van der Waals surface area contributed by atoms with E-state index in [2.05, 4.69) is 10.5 Å². The number of carbonyl (C=O) groups excluding carboxylic acids is 2. The highest BCUT2D eigenvalue weighted by Crippen LogP contribution is 2.19. The monoisotopic (exact) mass is 408 g/mol. The molecule has 1 atom stereocenters. The van der Waals surface area contributed by atoms with E-state index >= 15 is 0 Å². The van der Waals surface area contributed by atoms with Crippen molar-refractivity contribution in [2.24, 2.45) is 0 Å². The summed E-state index contributed by atoms with van der Waals surface area (Å²) in [6.45, 7) is 3.95. The average Bonchev–Trinajstić information content (AvgIpc) is 3.09. The zero-order valence-electron chi connectivity index (χ0n) is 17.2. The number of carbonyl (C=O) groups is 2. The Morgan fingerprint density at radius 2 is 1.87 bits per heavy atom. The lowest BCUT2D eigenvalue weighted by Gasteiger charge is -2.17. The minimum absolute atomic E-state index is 0.283. The molecule has 2 aromatic carbocycles. The summed E-state index contributed by atoms with van der Waals surface area (Å²) in [5, 5.41) is 6.66. The van der Waals surface area contributed by atoms with Crippen molar-refractivity contribution in [1.82, 2.24) is 10.5 Å². The fraction of sp³-hybridized carbons (Fsp3) is 0.261. The van der Waals surface area contributed by atoms with Gasteiger partial charge in [0.1, 0.15) is 24.2 Å². The summed E-state index contributed by atoms with van der Waals surface area (Å²) in [5.74, 6) is 0.339. The Bertz CT molecular complexity index is 994. The van der Waals surface area contributed by atoms with Crippen LogP contribution in [0.1, 0.15) is 32.9 Å². The smallest absolute Gasteiger partial charge is 0.328 e. The van der Waals surface area contributed by atoms with Crippen molar-refractivity contribution in [3.63, 3.8) is 0 Å². The van der Waals surface area contributed by atoms with Crippen LogP contribution in [-0.2, 0) is 22.6 Å². The number of benzene rings is 2. The van der Waals surface area contributed by atoms with E-state index in [-0.39, 0.29) is 12.5 Å². The second kappa shape index (κ2) is 9.73. The van der Waals surface area contributed by atoms with E-state index in [9.17, 15) is 9.59 Å². The van der Waals surface area contributed by atoms with Crippen LogP contribution >= 0.6 is 0 Å². The molecule has 0 spiro atoms. The van der Waals surface area contributed by atoms with Crippen LogP contribution in [0.5, 0.6) is 5.75 Å². The van der Waals surface area contributed by atoms with Gasteiger partial charge in [-0.15, -0.1) is 0 Å². The third-order valence-corrected chi connectivity index (χ3v) is 4.73. The molecule has 0 fully saturated rings. The molecule has 0 saturated heterocycles. The number of hydrogen-bond donors (Lipinski definition) is 1. The van der Waals surface area contributed by atoms with Crippen LogP contribution in [0.15, 0.2) is 59.1 Å². The molecule has 1 amide bonds. The Morgan fingerprint density at radius 3 is 2.53 bits per heavy atom. The number of nitrogens with zero attached hydrogens (tertiary/aromatic N) is 1. The Kier molecular flexibility index (Phi) is 6.85. The van der Waals surface area contributed by atoms with Crippen LogP contribution in [0.25, 0.3) is 0 Å². The minimum atomic E-state index is -0.795. The first kappa shape index (κ1) is 21.1. The molecule has 1 N–H and O–H groups in total. The van der Waals surface area contributed by atoms with Crippen LogP contribution in [-0.4, -0.2) is 30.2 Å². The molecule has 0 aliphatic rings. The van der Waals surface area contributed by atoms with Crippen molar-refractivity contribution in [2.75, 3.05) is 7.11 Å². The molecule has 0 unspecified atom stereocenters. The number of methoxy groups -OCH3 is 1. The quantitative estimate of drug-likeness (QED) is 0.575. The lowest BCUT2D eigenvalue weighted by Crippen LogP contribution is -2.43. The van der Waals surface area contributed by atoms with Gasteiger partial charge in [-0.3, -0.25) is 4.79 Å². The summed E-state index contributed by atoms with van der Waals surface area (Å²) in [5.41, 5.74) is 2.94. The third-order valence-electron chi connectivity index (χ3n) is 4.73.